The number of nitrogens with zero attached hydrogens (tertiary/aromatic N) is 3. The first kappa shape index (κ1) is 11.8. The fourth-order valence-corrected chi connectivity index (χ4v) is 2.54. The van der Waals surface area contributed by atoms with Crippen LogP contribution in [-0.4, -0.2) is 14.3 Å². The Labute approximate surface area is 112 Å². The van der Waals surface area contributed by atoms with Crippen molar-refractivity contribution in [3.63, 3.8) is 0 Å². The van der Waals surface area contributed by atoms with Crippen LogP contribution in [0.2, 0.25) is 0 Å². The number of fused-ring (bicyclic) bond motifs is 1. The minimum atomic E-state index is 0.733. The number of aryl methyl sites for hydroxylation is 2. The Bertz CT molecular complexity index is 727. The van der Waals surface area contributed by atoms with E-state index in [1.54, 1.807) is 0 Å². The number of allylic oxidation sites excluding steroid dienone is 1. The van der Waals surface area contributed by atoms with Crippen LogP contribution in [0.15, 0.2) is 49.2 Å². The van der Waals surface area contributed by atoms with Gasteiger partial charge in [0, 0.05) is 22.5 Å². The van der Waals surface area contributed by atoms with E-state index in [1.807, 2.05) is 17.0 Å². The zero-order valence-electron chi connectivity index (χ0n) is 11.3. The van der Waals surface area contributed by atoms with Crippen molar-refractivity contribution in [3.8, 4) is 5.69 Å². The third-order valence-corrected chi connectivity index (χ3v) is 3.46. The molecule has 1 aromatic carbocycles. The van der Waals surface area contributed by atoms with E-state index in [1.165, 1.54) is 17.1 Å². The van der Waals surface area contributed by atoms with Crippen molar-refractivity contribution in [2.75, 3.05) is 0 Å². The Balaban J connectivity index is 2.20. The fourth-order valence-electron chi connectivity index (χ4n) is 2.54. The van der Waals surface area contributed by atoms with Crippen molar-refractivity contribution >= 4 is 10.9 Å². The van der Waals surface area contributed by atoms with Gasteiger partial charge in [0.15, 0.2) is 0 Å². The molecule has 0 amide bonds. The predicted octanol–water partition coefficient (Wildman–Crippen LogP) is 3.63. The maximum atomic E-state index is 4.39. The van der Waals surface area contributed by atoms with Gasteiger partial charge < -0.3 is 4.57 Å². The second-order valence-corrected chi connectivity index (χ2v) is 4.81. The molecule has 0 spiro atoms. The maximum Gasteiger partial charge on any atom is 0.0707 e. The molecule has 96 valence electrons. The van der Waals surface area contributed by atoms with Crippen LogP contribution in [0.5, 0.6) is 0 Å². The monoisotopic (exact) mass is 251 g/mol. The van der Waals surface area contributed by atoms with Gasteiger partial charge in [-0.25, -0.2) is 0 Å². The minimum absolute atomic E-state index is 0.733. The normalized spacial score (nSPS) is 11.1. The average molecular weight is 251 g/mol. The standard InChI is InChI=1S/C16H17N3/c1-4-9-18-16-10-15(8-7-14(16)11-17-18)19-12(2)5-6-13(19)3/h4-8,10-11H,1,9H2,2-3H3. The number of benzene rings is 1. The molecule has 3 aromatic rings. The summed E-state index contributed by atoms with van der Waals surface area (Å²) < 4.78 is 4.23. The molecule has 0 saturated heterocycles. The van der Waals surface area contributed by atoms with Gasteiger partial charge in [0.1, 0.15) is 0 Å². The summed E-state index contributed by atoms with van der Waals surface area (Å²) in [5.41, 5.74) is 4.81. The molecule has 3 nitrogen and oxygen atoms in total. The van der Waals surface area contributed by atoms with Crippen molar-refractivity contribution in [1.29, 1.82) is 0 Å². The molecule has 0 aliphatic heterocycles. The predicted molar refractivity (Wildman–Crippen MR) is 78.7 cm³/mol. The van der Waals surface area contributed by atoms with Crippen LogP contribution < -0.4 is 0 Å². The van der Waals surface area contributed by atoms with Gasteiger partial charge in [-0.15, -0.1) is 6.58 Å². The molecule has 0 aliphatic rings. The second kappa shape index (κ2) is 4.43. The summed E-state index contributed by atoms with van der Waals surface area (Å²) in [6.45, 7) is 8.76. The smallest absolute Gasteiger partial charge is 0.0707 e. The Morgan fingerprint density at radius 1 is 1.16 bits per heavy atom. The summed E-state index contributed by atoms with van der Waals surface area (Å²) in [7, 11) is 0. The number of aromatic nitrogens is 3. The van der Waals surface area contributed by atoms with Crippen LogP contribution in [-0.2, 0) is 6.54 Å². The Morgan fingerprint density at radius 3 is 2.58 bits per heavy atom. The molecule has 0 saturated carbocycles. The molecule has 0 bridgehead atoms. The first-order chi connectivity index (χ1) is 9.20. The topological polar surface area (TPSA) is 22.8 Å². The van der Waals surface area contributed by atoms with Crippen LogP contribution in [0, 0.1) is 13.8 Å². The van der Waals surface area contributed by atoms with Crippen LogP contribution >= 0.6 is 0 Å². The lowest BCUT2D eigenvalue weighted by atomic mass is 10.2. The van der Waals surface area contributed by atoms with E-state index in [0.717, 1.165) is 17.4 Å². The van der Waals surface area contributed by atoms with Crippen molar-refractivity contribution < 1.29 is 0 Å². The molecular formula is C16H17N3. The largest absolute Gasteiger partial charge is 0.318 e. The molecule has 0 unspecified atom stereocenters. The van der Waals surface area contributed by atoms with E-state index < -0.39 is 0 Å². The summed E-state index contributed by atoms with van der Waals surface area (Å²) in [5, 5.41) is 5.55. The Hall–Kier alpha value is -2.29. The van der Waals surface area contributed by atoms with Crippen molar-refractivity contribution in [1.82, 2.24) is 14.3 Å². The Kier molecular flexibility index (Phi) is 2.75. The molecule has 0 radical (unpaired) electrons. The SMILES string of the molecule is C=CCn1ncc2ccc(-n3c(C)ccc3C)cc21. The highest BCUT2D eigenvalue weighted by molar-refractivity contribution is 5.81. The maximum absolute atomic E-state index is 4.39. The van der Waals surface area contributed by atoms with Crippen molar-refractivity contribution in [3.05, 3.63) is 60.6 Å². The molecule has 19 heavy (non-hydrogen) atoms. The van der Waals surface area contributed by atoms with Crippen LogP contribution in [0.3, 0.4) is 0 Å². The summed E-state index contributed by atoms with van der Waals surface area (Å²) in [4.78, 5) is 0. The highest BCUT2D eigenvalue weighted by Gasteiger charge is 2.07. The lowest BCUT2D eigenvalue weighted by Gasteiger charge is -2.10. The molecule has 0 N–H and O–H groups in total. The van der Waals surface area contributed by atoms with E-state index in [4.69, 9.17) is 0 Å². The van der Waals surface area contributed by atoms with Gasteiger partial charge in [-0.1, -0.05) is 6.08 Å². The van der Waals surface area contributed by atoms with E-state index >= 15 is 0 Å². The van der Waals surface area contributed by atoms with Gasteiger partial charge in [-0.3, -0.25) is 4.68 Å². The van der Waals surface area contributed by atoms with Gasteiger partial charge in [0.25, 0.3) is 0 Å². The van der Waals surface area contributed by atoms with Gasteiger partial charge in [0.2, 0.25) is 0 Å². The van der Waals surface area contributed by atoms with Crippen molar-refractivity contribution in [2.24, 2.45) is 0 Å². The Morgan fingerprint density at radius 2 is 1.89 bits per heavy atom. The molecule has 3 rings (SSSR count). The first-order valence-electron chi connectivity index (χ1n) is 6.42. The zero-order valence-corrected chi connectivity index (χ0v) is 11.3. The molecule has 2 heterocycles. The third-order valence-electron chi connectivity index (χ3n) is 3.46. The molecule has 2 aromatic heterocycles. The second-order valence-electron chi connectivity index (χ2n) is 4.81. The van der Waals surface area contributed by atoms with Crippen LogP contribution in [0.4, 0.5) is 0 Å². The zero-order chi connectivity index (χ0) is 13.4. The lowest BCUT2D eigenvalue weighted by Crippen LogP contribution is -2.00. The average Bonchev–Trinajstić information content (AvgIpc) is 2.94. The molecule has 0 aliphatic carbocycles. The van der Waals surface area contributed by atoms with Crippen LogP contribution in [0.1, 0.15) is 11.4 Å². The number of hydrogen-bond donors (Lipinski definition) is 0. The summed E-state index contributed by atoms with van der Waals surface area (Å²) in [6, 6.07) is 10.7. The van der Waals surface area contributed by atoms with Gasteiger partial charge in [-0.2, -0.15) is 5.10 Å². The van der Waals surface area contributed by atoms with Gasteiger partial charge in [0.05, 0.1) is 18.3 Å². The number of rotatable bonds is 3. The minimum Gasteiger partial charge on any atom is -0.318 e. The lowest BCUT2D eigenvalue weighted by molar-refractivity contribution is 0.729. The van der Waals surface area contributed by atoms with Gasteiger partial charge in [-0.05, 0) is 44.2 Å². The van der Waals surface area contributed by atoms with E-state index in [9.17, 15) is 0 Å². The molecule has 3 heteroatoms. The van der Waals surface area contributed by atoms with E-state index in [-0.39, 0.29) is 0 Å². The molecule has 0 fully saturated rings. The quantitative estimate of drug-likeness (QED) is 0.652. The third kappa shape index (κ3) is 1.87. The highest BCUT2D eigenvalue weighted by atomic mass is 15.3. The summed E-state index contributed by atoms with van der Waals surface area (Å²) in [6.07, 6.45) is 3.77. The van der Waals surface area contributed by atoms with E-state index in [0.29, 0.717) is 0 Å². The van der Waals surface area contributed by atoms with Crippen molar-refractivity contribution in [2.45, 2.75) is 20.4 Å². The van der Waals surface area contributed by atoms with Crippen LogP contribution in [0.25, 0.3) is 16.6 Å². The molecule has 0 atom stereocenters. The molecular weight excluding hydrogens is 234 g/mol. The van der Waals surface area contributed by atoms with E-state index in [2.05, 4.69) is 60.4 Å². The summed E-state index contributed by atoms with van der Waals surface area (Å²) in [5.74, 6) is 0. The number of hydrogen-bond acceptors (Lipinski definition) is 1. The highest BCUT2D eigenvalue weighted by Crippen LogP contribution is 2.21. The summed E-state index contributed by atoms with van der Waals surface area (Å²) >= 11 is 0. The fraction of sp³-hybridized carbons (Fsp3) is 0.188. The first-order valence-corrected chi connectivity index (χ1v) is 6.42. The van der Waals surface area contributed by atoms with Gasteiger partial charge >= 0.3 is 0 Å².